The average molecular weight is 269 g/mol. The number of nitrogens with two attached hydrogens (primary N) is 1. The molecule has 0 unspecified atom stereocenters. The predicted octanol–water partition coefficient (Wildman–Crippen LogP) is 2.48. The highest BCUT2D eigenvalue weighted by Gasteiger charge is 2.51. The van der Waals surface area contributed by atoms with E-state index in [1.807, 2.05) is 0 Å². The van der Waals surface area contributed by atoms with Crippen molar-refractivity contribution in [1.29, 1.82) is 0 Å². The monoisotopic (exact) mass is 269 g/mol. The van der Waals surface area contributed by atoms with Crippen LogP contribution in [0.2, 0.25) is 0 Å². The van der Waals surface area contributed by atoms with Gasteiger partial charge in [-0.05, 0) is 50.3 Å². The highest BCUT2D eigenvalue weighted by molar-refractivity contribution is 5.83. The summed E-state index contributed by atoms with van der Waals surface area (Å²) in [5.74, 6) is -2.25. The van der Waals surface area contributed by atoms with Gasteiger partial charge in [0, 0.05) is 6.07 Å². The molecule has 1 fully saturated rings. The van der Waals surface area contributed by atoms with Crippen LogP contribution in [0.1, 0.15) is 32.3 Å². The van der Waals surface area contributed by atoms with E-state index in [0.29, 0.717) is 0 Å². The second kappa shape index (κ2) is 4.89. The van der Waals surface area contributed by atoms with E-state index in [1.54, 1.807) is 13.8 Å². The fourth-order valence-corrected chi connectivity index (χ4v) is 2.16. The predicted molar refractivity (Wildman–Crippen MR) is 66.2 cm³/mol. The molecular formula is C14H17F2NO2. The lowest BCUT2D eigenvalue weighted by atomic mass is 9.86. The quantitative estimate of drug-likeness (QED) is 0.854. The Morgan fingerprint density at radius 3 is 2.26 bits per heavy atom. The van der Waals surface area contributed by atoms with Crippen LogP contribution in [-0.4, -0.2) is 12.1 Å². The Labute approximate surface area is 110 Å². The number of rotatable bonds is 4. The summed E-state index contributed by atoms with van der Waals surface area (Å²) in [6.07, 6.45) is 1.18. The third kappa shape index (κ3) is 2.76. The summed E-state index contributed by atoms with van der Waals surface area (Å²) in [7, 11) is 0. The van der Waals surface area contributed by atoms with Crippen molar-refractivity contribution in [3.63, 3.8) is 0 Å². The zero-order chi connectivity index (χ0) is 14.2. The van der Waals surface area contributed by atoms with Crippen molar-refractivity contribution in [3.05, 3.63) is 35.4 Å². The summed E-state index contributed by atoms with van der Waals surface area (Å²) in [5, 5.41) is 0. The molecule has 1 aromatic carbocycles. The van der Waals surface area contributed by atoms with E-state index in [-0.39, 0.29) is 17.6 Å². The van der Waals surface area contributed by atoms with Crippen molar-refractivity contribution in [2.45, 2.75) is 38.3 Å². The topological polar surface area (TPSA) is 52.3 Å². The molecule has 0 spiro atoms. The molecule has 2 N–H and O–H groups in total. The summed E-state index contributed by atoms with van der Waals surface area (Å²) in [6, 6.07) is 2.95. The number of halogens is 2. The van der Waals surface area contributed by atoms with Crippen molar-refractivity contribution in [2.24, 2.45) is 11.7 Å². The first-order valence-corrected chi connectivity index (χ1v) is 6.30. The van der Waals surface area contributed by atoms with Gasteiger partial charge < -0.3 is 10.5 Å². The largest absolute Gasteiger partial charge is 0.461 e. The number of hydrogen-bond donors (Lipinski definition) is 1. The highest BCUT2D eigenvalue weighted by atomic mass is 19.1. The molecule has 0 amide bonds. The molecule has 5 heteroatoms. The fourth-order valence-electron chi connectivity index (χ4n) is 2.16. The van der Waals surface area contributed by atoms with Gasteiger partial charge in [-0.15, -0.1) is 0 Å². The minimum atomic E-state index is -1.47. The zero-order valence-corrected chi connectivity index (χ0v) is 11.0. The molecule has 0 heterocycles. The maximum absolute atomic E-state index is 13.3. The molecular weight excluding hydrogens is 252 g/mol. The van der Waals surface area contributed by atoms with Gasteiger partial charge in [-0.1, -0.05) is 0 Å². The second-order valence-corrected chi connectivity index (χ2v) is 5.26. The summed E-state index contributed by atoms with van der Waals surface area (Å²) in [5.41, 5.74) is 4.82. The standard InChI is InChI=1S/C14H17F2NO2/c1-8(2)19-13(18)14(17,9-3-4-9)10-5-11(15)7-12(16)6-10/h5-9H,3-4,17H2,1-2H3/t14-/m1/s1. The van der Waals surface area contributed by atoms with Crippen LogP contribution in [-0.2, 0) is 15.1 Å². The van der Waals surface area contributed by atoms with Crippen molar-refractivity contribution in [3.8, 4) is 0 Å². The van der Waals surface area contributed by atoms with E-state index in [2.05, 4.69) is 0 Å². The number of carbonyl (C=O) groups is 1. The summed E-state index contributed by atoms with van der Waals surface area (Å²) in [6.45, 7) is 3.41. The van der Waals surface area contributed by atoms with E-state index < -0.39 is 23.1 Å². The molecule has 0 aliphatic heterocycles. The number of benzene rings is 1. The Bertz CT molecular complexity index is 480. The lowest BCUT2D eigenvalue weighted by Gasteiger charge is -2.28. The second-order valence-electron chi connectivity index (χ2n) is 5.26. The molecule has 1 aromatic rings. The highest BCUT2D eigenvalue weighted by Crippen LogP contribution is 2.45. The smallest absolute Gasteiger partial charge is 0.331 e. The SMILES string of the molecule is CC(C)OC(=O)[C@](N)(c1cc(F)cc(F)c1)C1CC1. The Balaban J connectivity index is 2.41. The van der Waals surface area contributed by atoms with Crippen LogP contribution < -0.4 is 5.73 Å². The molecule has 19 heavy (non-hydrogen) atoms. The first kappa shape index (κ1) is 13.9. The Kier molecular flexibility index (Phi) is 3.58. The Morgan fingerprint density at radius 2 is 1.84 bits per heavy atom. The molecule has 1 aliphatic carbocycles. The number of carbonyl (C=O) groups excluding carboxylic acids is 1. The number of esters is 1. The van der Waals surface area contributed by atoms with Crippen molar-refractivity contribution in [2.75, 3.05) is 0 Å². The normalized spacial score (nSPS) is 18.2. The molecule has 1 saturated carbocycles. The Morgan fingerprint density at radius 1 is 1.32 bits per heavy atom. The van der Waals surface area contributed by atoms with Crippen molar-refractivity contribution < 1.29 is 18.3 Å². The lowest BCUT2D eigenvalue weighted by molar-refractivity contribution is -0.155. The van der Waals surface area contributed by atoms with Gasteiger partial charge in [0.2, 0.25) is 0 Å². The van der Waals surface area contributed by atoms with Crippen LogP contribution in [0, 0.1) is 17.6 Å². The zero-order valence-electron chi connectivity index (χ0n) is 11.0. The van der Waals surface area contributed by atoms with Gasteiger partial charge in [-0.3, -0.25) is 0 Å². The first-order chi connectivity index (χ1) is 8.84. The van der Waals surface area contributed by atoms with Crippen LogP contribution in [0.15, 0.2) is 18.2 Å². The molecule has 1 aliphatic rings. The van der Waals surface area contributed by atoms with Gasteiger partial charge in [0.05, 0.1) is 6.10 Å². The van der Waals surface area contributed by atoms with E-state index in [1.165, 1.54) is 0 Å². The summed E-state index contributed by atoms with van der Waals surface area (Å²) in [4.78, 5) is 12.2. The van der Waals surface area contributed by atoms with Gasteiger partial charge in [0.25, 0.3) is 0 Å². The minimum Gasteiger partial charge on any atom is -0.461 e. The van der Waals surface area contributed by atoms with Crippen molar-refractivity contribution >= 4 is 5.97 Å². The Hall–Kier alpha value is -1.49. The van der Waals surface area contributed by atoms with Crippen LogP contribution in [0.4, 0.5) is 8.78 Å². The van der Waals surface area contributed by atoms with Gasteiger partial charge in [-0.2, -0.15) is 0 Å². The molecule has 104 valence electrons. The minimum absolute atomic E-state index is 0.125. The molecule has 0 radical (unpaired) electrons. The molecule has 2 rings (SSSR count). The van der Waals surface area contributed by atoms with Gasteiger partial charge >= 0.3 is 5.97 Å². The van der Waals surface area contributed by atoms with E-state index in [0.717, 1.165) is 31.0 Å². The van der Waals surface area contributed by atoms with Crippen LogP contribution in [0.5, 0.6) is 0 Å². The fraction of sp³-hybridized carbons (Fsp3) is 0.500. The average Bonchev–Trinajstić information content (AvgIpc) is 3.09. The maximum atomic E-state index is 13.3. The molecule has 3 nitrogen and oxygen atoms in total. The molecule has 0 saturated heterocycles. The van der Waals surface area contributed by atoms with Crippen LogP contribution in [0.25, 0.3) is 0 Å². The van der Waals surface area contributed by atoms with E-state index in [9.17, 15) is 13.6 Å². The van der Waals surface area contributed by atoms with Crippen molar-refractivity contribution in [1.82, 2.24) is 0 Å². The maximum Gasteiger partial charge on any atom is 0.331 e. The van der Waals surface area contributed by atoms with E-state index in [4.69, 9.17) is 10.5 Å². The first-order valence-electron chi connectivity index (χ1n) is 6.30. The third-order valence-electron chi connectivity index (χ3n) is 3.24. The van der Waals surface area contributed by atoms with E-state index >= 15 is 0 Å². The summed E-state index contributed by atoms with van der Waals surface area (Å²) < 4.78 is 31.8. The third-order valence-corrected chi connectivity index (χ3v) is 3.24. The number of hydrogen-bond acceptors (Lipinski definition) is 3. The lowest BCUT2D eigenvalue weighted by Crippen LogP contribution is -2.49. The van der Waals surface area contributed by atoms with Gasteiger partial charge in [0.1, 0.15) is 17.2 Å². The summed E-state index contributed by atoms with van der Waals surface area (Å²) >= 11 is 0. The van der Waals surface area contributed by atoms with Crippen LogP contribution >= 0.6 is 0 Å². The number of ether oxygens (including phenoxy) is 1. The van der Waals surface area contributed by atoms with Crippen LogP contribution in [0.3, 0.4) is 0 Å². The molecule has 1 atom stereocenters. The molecule has 0 bridgehead atoms. The molecule has 0 aromatic heterocycles. The van der Waals surface area contributed by atoms with Gasteiger partial charge in [-0.25, -0.2) is 13.6 Å². The van der Waals surface area contributed by atoms with Gasteiger partial charge in [0.15, 0.2) is 0 Å².